The predicted molar refractivity (Wildman–Crippen MR) is 79.6 cm³/mol. The third kappa shape index (κ3) is 3.07. The van der Waals surface area contributed by atoms with Crippen molar-refractivity contribution in [3.05, 3.63) is 47.5 Å². The summed E-state index contributed by atoms with van der Waals surface area (Å²) < 4.78 is 5.11. The van der Waals surface area contributed by atoms with E-state index in [-0.39, 0.29) is 5.91 Å². The second-order valence-corrected chi connectivity index (χ2v) is 5.26. The second-order valence-electron chi connectivity index (χ2n) is 5.26. The maximum Gasteiger partial charge on any atom is 0.274 e. The van der Waals surface area contributed by atoms with Gasteiger partial charge in [0.2, 0.25) is 0 Å². The molecule has 1 amide bonds. The minimum atomic E-state index is -0.242. The van der Waals surface area contributed by atoms with Crippen LogP contribution < -0.4 is 5.43 Å². The average Bonchev–Trinajstić information content (AvgIpc) is 2.83. The fourth-order valence-corrected chi connectivity index (χ4v) is 2.22. The van der Waals surface area contributed by atoms with Gasteiger partial charge in [0.15, 0.2) is 0 Å². The van der Waals surface area contributed by atoms with Gasteiger partial charge in [-0.05, 0) is 51.2 Å². The molecule has 1 aromatic heterocycles. The molecule has 0 radical (unpaired) electrons. The lowest BCUT2D eigenvalue weighted by Crippen LogP contribution is -2.23. The third-order valence-electron chi connectivity index (χ3n) is 3.70. The number of amides is 1. The number of rotatable bonds is 3. The maximum absolute atomic E-state index is 12.0. The summed E-state index contributed by atoms with van der Waals surface area (Å²) >= 11 is 0. The minimum absolute atomic E-state index is 0.242. The lowest BCUT2D eigenvalue weighted by Gasteiger charge is -2.22. The molecular weight excluding hydrogens is 252 g/mol. The molecule has 1 aliphatic rings. The lowest BCUT2D eigenvalue weighted by molar-refractivity contribution is 0.0953. The summed E-state index contributed by atoms with van der Waals surface area (Å²) in [5.41, 5.74) is 6.31. The molecule has 1 aromatic rings. The van der Waals surface area contributed by atoms with Crippen molar-refractivity contribution < 1.29 is 9.21 Å². The van der Waals surface area contributed by atoms with E-state index in [1.807, 2.05) is 13.8 Å². The lowest BCUT2D eigenvalue weighted by atomic mass is 9.85. The van der Waals surface area contributed by atoms with Crippen molar-refractivity contribution in [2.45, 2.75) is 33.6 Å². The number of hydrogen-bond acceptors (Lipinski definition) is 3. The monoisotopic (exact) mass is 272 g/mol. The van der Waals surface area contributed by atoms with Crippen LogP contribution in [0.3, 0.4) is 0 Å². The van der Waals surface area contributed by atoms with Gasteiger partial charge in [0.1, 0.15) is 5.76 Å². The van der Waals surface area contributed by atoms with Crippen LogP contribution in [0.1, 0.15) is 42.8 Å². The molecule has 0 unspecified atom stereocenters. The summed E-state index contributed by atoms with van der Waals surface area (Å²) in [5, 5.41) is 4.26. The van der Waals surface area contributed by atoms with Crippen LogP contribution in [0.15, 0.2) is 45.6 Å². The van der Waals surface area contributed by atoms with Gasteiger partial charge in [0, 0.05) is 0 Å². The fraction of sp³-hybridized carbons (Fsp3) is 0.375. The number of aryl methyl sites for hydroxylation is 1. The Morgan fingerprint density at radius 3 is 2.85 bits per heavy atom. The van der Waals surface area contributed by atoms with E-state index in [1.54, 1.807) is 13.0 Å². The molecule has 0 aliphatic heterocycles. The molecule has 0 fully saturated rings. The Bertz CT molecular complexity index is 593. The van der Waals surface area contributed by atoms with Crippen molar-refractivity contribution in [2.24, 2.45) is 11.0 Å². The molecule has 4 nitrogen and oxygen atoms in total. The molecule has 0 aromatic carbocycles. The zero-order valence-corrected chi connectivity index (χ0v) is 12.2. The summed E-state index contributed by atoms with van der Waals surface area (Å²) in [6, 6.07) is 1.64. The number of carbonyl (C=O) groups is 1. The maximum atomic E-state index is 12.0. The van der Waals surface area contributed by atoms with E-state index in [0.717, 1.165) is 29.7 Å². The van der Waals surface area contributed by atoms with Gasteiger partial charge in [-0.15, -0.1) is 0 Å². The van der Waals surface area contributed by atoms with Gasteiger partial charge in [0.25, 0.3) is 5.91 Å². The van der Waals surface area contributed by atoms with Crippen LogP contribution >= 0.6 is 0 Å². The van der Waals surface area contributed by atoms with Gasteiger partial charge in [-0.3, -0.25) is 4.79 Å². The average molecular weight is 272 g/mol. The molecule has 0 spiro atoms. The van der Waals surface area contributed by atoms with Gasteiger partial charge >= 0.3 is 0 Å². The topological polar surface area (TPSA) is 54.6 Å². The van der Waals surface area contributed by atoms with E-state index < -0.39 is 0 Å². The highest BCUT2D eigenvalue weighted by Gasteiger charge is 2.19. The molecular formula is C16H20N2O2. The highest BCUT2D eigenvalue weighted by atomic mass is 16.3. The Kier molecular flexibility index (Phi) is 4.23. The Hall–Kier alpha value is -2.10. The number of hydrazone groups is 1. The van der Waals surface area contributed by atoms with Gasteiger partial charge in [-0.2, -0.15) is 5.10 Å². The summed E-state index contributed by atoms with van der Waals surface area (Å²) in [7, 11) is 0. The van der Waals surface area contributed by atoms with Crippen molar-refractivity contribution in [1.29, 1.82) is 0 Å². The summed E-state index contributed by atoms with van der Waals surface area (Å²) in [5.74, 6) is 0.762. The van der Waals surface area contributed by atoms with Gasteiger partial charge in [-0.25, -0.2) is 5.43 Å². The first kappa shape index (κ1) is 14.3. The molecule has 20 heavy (non-hydrogen) atoms. The van der Waals surface area contributed by atoms with Crippen molar-refractivity contribution in [3.8, 4) is 0 Å². The van der Waals surface area contributed by atoms with Crippen molar-refractivity contribution in [3.63, 3.8) is 0 Å². The van der Waals surface area contributed by atoms with E-state index >= 15 is 0 Å². The molecule has 1 heterocycles. The molecule has 2 rings (SSSR count). The standard InChI is InChI=1S/C16H20N2O2/c1-10(2)13-6-5-11(3)15(9-13)17-18-16(19)14-7-8-20-12(14)4/h5,7-8,13H,1,6,9H2,2-4H3,(H,18,19)/t13-/m1/s1. The summed E-state index contributed by atoms with van der Waals surface area (Å²) in [6.45, 7) is 9.81. The van der Waals surface area contributed by atoms with Gasteiger partial charge in [-0.1, -0.05) is 18.2 Å². The zero-order chi connectivity index (χ0) is 14.7. The Labute approximate surface area is 119 Å². The second kappa shape index (κ2) is 5.90. The molecule has 106 valence electrons. The summed E-state index contributed by atoms with van der Waals surface area (Å²) in [6.07, 6.45) is 5.47. The number of carbonyl (C=O) groups excluding carboxylic acids is 1. The SMILES string of the molecule is C=C(C)[C@@H]1CC=C(C)C(=NNC(=O)c2ccoc2C)C1. The zero-order valence-electron chi connectivity index (χ0n) is 12.2. The van der Waals surface area contributed by atoms with Gasteiger partial charge < -0.3 is 4.42 Å². The molecule has 4 heteroatoms. The number of nitrogens with zero attached hydrogens (tertiary/aromatic N) is 1. The highest BCUT2D eigenvalue weighted by Crippen LogP contribution is 2.26. The summed E-state index contributed by atoms with van der Waals surface area (Å²) in [4.78, 5) is 12.0. The molecule has 1 aliphatic carbocycles. The number of allylic oxidation sites excluding steroid dienone is 3. The quantitative estimate of drug-likeness (QED) is 0.675. The van der Waals surface area contributed by atoms with Crippen LogP contribution in [-0.2, 0) is 0 Å². The van der Waals surface area contributed by atoms with E-state index in [2.05, 4.69) is 23.2 Å². The van der Waals surface area contributed by atoms with Crippen molar-refractivity contribution in [2.75, 3.05) is 0 Å². The van der Waals surface area contributed by atoms with Crippen LogP contribution in [0.25, 0.3) is 0 Å². The van der Waals surface area contributed by atoms with Crippen LogP contribution in [0.5, 0.6) is 0 Å². The number of nitrogens with one attached hydrogen (secondary N) is 1. The van der Waals surface area contributed by atoms with Crippen LogP contribution in [-0.4, -0.2) is 11.6 Å². The molecule has 0 bridgehead atoms. The molecule has 0 saturated heterocycles. The largest absolute Gasteiger partial charge is 0.469 e. The number of furan rings is 1. The normalized spacial score (nSPS) is 20.6. The first-order chi connectivity index (χ1) is 9.49. The minimum Gasteiger partial charge on any atom is -0.469 e. The Morgan fingerprint density at radius 2 is 2.25 bits per heavy atom. The highest BCUT2D eigenvalue weighted by molar-refractivity contribution is 6.02. The van der Waals surface area contributed by atoms with E-state index in [9.17, 15) is 4.79 Å². The van der Waals surface area contributed by atoms with Crippen molar-refractivity contribution in [1.82, 2.24) is 5.43 Å². The van der Waals surface area contributed by atoms with Crippen molar-refractivity contribution >= 4 is 11.6 Å². The van der Waals surface area contributed by atoms with E-state index in [1.165, 1.54) is 6.26 Å². The smallest absolute Gasteiger partial charge is 0.274 e. The Balaban J connectivity index is 2.09. The van der Waals surface area contributed by atoms with Crippen LogP contribution in [0.2, 0.25) is 0 Å². The first-order valence-electron chi connectivity index (χ1n) is 6.72. The predicted octanol–water partition coefficient (Wildman–Crippen LogP) is 3.61. The van der Waals surface area contributed by atoms with Gasteiger partial charge in [0.05, 0.1) is 17.5 Å². The molecule has 1 atom stereocenters. The van der Waals surface area contributed by atoms with E-state index in [4.69, 9.17) is 4.42 Å². The fourth-order valence-electron chi connectivity index (χ4n) is 2.22. The van der Waals surface area contributed by atoms with Crippen LogP contribution in [0, 0.1) is 12.8 Å². The Morgan fingerprint density at radius 1 is 1.50 bits per heavy atom. The third-order valence-corrected chi connectivity index (χ3v) is 3.70. The van der Waals surface area contributed by atoms with Crippen LogP contribution in [0.4, 0.5) is 0 Å². The van der Waals surface area contributed by atoms with E-state index in [0.29, 0.717) is 17.2 Å². The molecule has 0 saturated carbocycles. The number of hydrogen-bond donors (Lipinski definition) is 1. The molecule has 1 N–H and O–H groups in total. The first-order valence-corrected chi connectivity index (χ1v) is 6.72.